The number of aryl methyl sites for hydroxylation is 1. The van der Waals surface area contributed by atoms with Crippen molar-refractivity contribution in [1.82, 2.24) is 20.2 Å². The Morgan fingerprint density at radius 1 is 1.39 bits per heavy atom. The van der Waals surface area contributed by atoms with Crippen LogP contribution < -0.4 is 4.90 Å². The third kappa shape index (κ3) is 1.80. The number of piperidine rings is 1. The number of anilines is 1. The van der Waals surface area contributed by atoms with Crippen molar-refractivity contribution in [3.8, 4) is 0 Å². The number of hydrogen-bond acceptors (Lipinski definition) is 5. The molecule has 1 aliphatic carbocycles. The number of aromatic amines is 1. The van der Waals surface area contributed by atoms with E-state index in [9.17, 15) is 0 Å². The Morgan fingerprint density at radius 3 is 2.94 bits per heavy atom. The predicted molar refractivity (Wildman–Crippen MR) is 69.8 cm³/mol. The number of aromatic nitrogens is 4. The number of fused-ring (bicyclic) bond motifs is 1. The molecule has 2 fully saturated rings. The Bertz CT molecular complexity index is 565. The molecule has 5 nitrogen and oxygen atoms in total. The normalized spacial score (nSPS) is 25.5. The minimum atomic E-state index is 0.756. The largest absolute Gasteiger partial charge is 0.339 e. The summed E-state index contributed by atoms with van der Waals surface area (Å²) in [6, 6.07) is 0. The molecule has 2 atom stereocenters. The van der Waals surface area contributed by atoms with Crippen molar-refractivity contribution in [2.75, 3.05) is 18.0 Å². The Morgan fingerprint density at radius 2 is 2.22 bits per heavy atom. The first-order chi connectivity index (χ1) is 8.78. The molecule has 18 heavy (non-hydrogen) atoms. The van der Waals surface area contributed by atoms with Crippen LogP contribution >= 0.6 is 11.3 Å². The fraction of sp³-hybridized carbons (Fsp3) is 0.583. The van der Waals surface area contributed by atoms with Crippen molar-refractivity contribution in [3.63, 3.8) is 0 Å². The fourth-order valence-electron chi connectivity index (χ4n) is 2.69. The van der Waals surface area contributed by atoms with Crippen LogP contribution in [0, 0.1) is 18.8 Å². The highest BCUT2D eigenvalue weighted by atomic mass is 32.1. The third-order valence-corrected chi connectivity index (χ3v) is 4.73. The van der Waals surface area contributed by atoms with Gasteiger partial charge < -0.3 is 4.90 Å². The van der Waals surface area contributed by atoms with Crippen molar-refractivity contribution in [2.24, 2.45) is 11.8 Å². The highest BCUT2D eigenvalue weighted by Gasteiger charge is 2.46. The first-order valence-electron chi connectivity index (χ1n) is 6.35. The van der Waals surface area contributed by atoms with E-state index in [2.05, 4.69) is 30.4 Å². The highest BCUT2D eigenvalue weighted by Crippen LogP contribution is 2.45. The van der Waals surface area contributed by atoms with Crippen LogP contribution in [0.15, 0.2) is 5.38 Å². The van der Waals surface area contributed by atoms with Gasteiger partial charge in [-0.25, -0.2) is 4.98 Å². The average molecular weight is 261 g/mol. The van der Waals surface area contributed by atoms with E-state index in [-0.39, 0.29) is 0 Å². The molecule has 94 valence electrons. The SMILES string of the molecule is Cc1csc(Cc2nc(N3CC4CC4C3)n[nH]2)n1. The van der Waals surface area contributed by atoms with Gasteiger partial charge in [-0.3, -0.25) is 5.10 Å². The Hall–Kier alpha value is -1.43. The lowest BCUT2D eigenvalue weighted by Gasteiger charge is -2.14. The second kappa shape index (κ2) is 3.78. The predicted octanol–water partition coefficient (Wildman–Crippen LogP) is 1.62. The van der Waals surface area contributed by atoms with Gasteiger partial charge in [0.05, 0.1) is 6.42 Å². The van der Waals surface area contributed by atoms with E-state index < -0.39 is 0 Å². The molecule has 2 aliphatic rings. The van der Waals surface area contributed by atoms with E-state index in [1.54, 1.807) is 11.3 Å². The lowest BCUT2D eigenvalue weighted by molar-refractivity contribution is 0.789. The van der Waals surface area contributed by atoms with Gasteiger partial charge in [0.2, 0.25) is 5.95 Å². The summed E-state index contributed by atoms with van der Waals surface area (Å²) in [6.07, 6.45) is 2.17. The van der Waals surface area contributed by atoms with Crippen molar-refractivity contribution >= 4 is 17.3 Å². The Kier molecular flexibility index (Phi) is 2.20. The zero-order valence-corrected chi connectivity index (χ0v) is 11.1. The summed E-state index contributed by atoms with van der Waals surface area (Å²) < 4.78 is 0. The molecule has 0 radical (unpaired) electrons. The van der Waals surface area contributed by atoms with Crippen molar-refractivity contribution < 1.29 is 0 Å². The molecule has 0 aromatic carbocycles. The van der Waals surface area contributed by atoms with Crippen molar-refractivity contribution in [2.45, 2.75) is 19.8 Å². The van der Waals surface area contributed by atoms with E-state index in [0.717, 1.165) is 53.8 Å². The first kappa shape index (κ1) is 10.5. The topological polar surface area (TPSA) is 57.7 Å². The number of nitrogens with one attached hydrogen (secondary N) is 1. The van der Waals surface area contributed by atoms with Gasteiger partial charge in [0, 0.05) is 24.2 Å². The molecule has 1 saturated carbocycles. The summed E-state index contributed by atoms with van der Waals surface area (Å²) in [5.74, 6) is 3.60. The van der Waals surface area contributed by atoms with Gasteiger partial charge in [-0.1, -0.05) is 0 Å². The van der Waals surface area contributed by atoms with E-state index in [1.165, 1.54) is 6.42 Å². The molecular formula is C12H15N5S. The maximum absolute atomic E-state index is 4.58. The van der Waals surface area contributed by atoms with Gasteiger partial charge >= 0.3 is 0 Å². The molecule has 0 spiro atoms. The van der Waals surface area contributed by atoms with Crippen LogP contribution in [0.5, 0.6) is 0 Å². The standard InChI is InChI=1S/C12H15N5S/c1-7-6-18-11(13-7)3-10-14-12(16-15-10)17-4-8-2-9(8)5-17/h6,8-9H,2-5H2,1H3,(H,14,15,16). The van der Waals surface area contributed by atoms with E-state index in [0.29, 0.717) is 0 Å². The van der Waals surface area contributed by atoms with Crippen LogP contribution in [0.2, 0.25) is 0 Å². The molecule has 1 N–H and O–H groups in total. The lowest BCUT2D eigenvalue weighted by Crippen LogP contribution is -2.22. The van der Waals surface area contributed by atoms with Gasteiger partial charge in [-0.05, 0) is 25.2 Å². The highest BCUT2D eigenvalue weighted by molar-refractivity contribution is 7.09. The van der Waals surface area contributed by atoms with Crippen LogP contribution in [-0.2, 0) is 6.42 Å². The number of rotatable bonds is 3. The number of thiazole rings is 1. The maximum Gasteiger partial charge on any atom is 0.244 e. The van der Waals surface area contributed by atoms with Gasteiger partial charge in [0.25, 0.3) is 0 Å². The van der Waals surface area contributed by atoms with Gasteiger partial charge in [-0.15, -0.1) is 16.4 Å². The van der Waals surface area contributed by atoms with Crippen LogP contribution in [-0.4, -0.2) is 33.3 Å². The fourth-order valence-corrected chi connectivity index (χ4v) is 3.47. The third-order valence-electron chi connectivity index (χ3n) is 3.77. The van der Waals surface area contributed by atoms with Crippen molar-refractivity contribution in [3.05, 3.63) is 21.9 Å². The summed E-state index contributed by atoms with van der Waals surface area (Å²) in [5, 5.41) is 10.5. The molecular weight excluding hydrogens is 246 g/mol. The van der Waals surface area contributed by atoms with Crippen LogP contribution in [0.3, 0.4) is 0 Å². The average Bonchev–Trinajstić information content (AvgIpc) is 2.80. The Labute approximate surface area is 109 Å². The summed E-state index contributed by atoms with van der Waals surface area (Å²) in [5.41, 5.74) is 1.08. The molecule has 3 heterocycles. The molecule has 2 aromatic rings. The van der Waals surface area contributed by atoms with E-state index in [4.69, 9.17) is 0 Å². The quantitative estimate of drug-likeness (QED) is 0.912. The smallest absolute Gasteiger partial charge is 0.244 e. The molecule has 0 bridgehead atoms. The van der Waals surface area contributed by atoms with Gasteiger partial charge in [0.15, 0.2) is 0 Å². The van der Waals surface area contributed by atoms with Gasteiger partial charge in [0.1, 0.15) is 10.8 Å². The van der Waals surface area contributed by atoms with E-state index >= 15 is 0 Å². The summed E-state index contributed by atoms with van der Waals surface area (Å²) in [7, 11) is 0. The van der Waals surface area contributed by atoms with Crippen LogP contribution in [0.25, 0.3) is 0 Å². The molecule has 0 amide bonds. The number of H-pyrrole nitrogens is 1. The molecule has 2 aromatic heterocycles. The number of hydrogen-bond donors (Lipinski definition) is 1. The summed E-state index contributed by atoms with van der Waals surface area (Å²) >= 11 is 1.68. The molecule has 4 rings (SSSR count). The lowest BCUT2D eigenvalue weighted by atomic mass is 10.4. The zero-order chi connectivity index (χ0) is 12.1. The maximum atomic E-state index is 4.58. The van der Waals surface area contributed by atoms with Crippen molar-refractivity contribution in [1.29, 1.82) is 0 Å². The molecule has 6 heteroatoms. The molecule has 1 saturated heterocycles. The van der Waals surface area contributed by atoms with Crippen LogP contribution in [0.4, 0.5) is 5.95 Å². The van der Waals surface area contributed by atoms with E-state index in [1.807, 2.05) is 6.92 Å². The minimum Gasteiger partial charge on any atom is -0.339 e. The monoisotopic (exact) mass is 261 g/mol. The zero-order valence-electron chi connectivity index (χ0n) is 10.3. The second-order valence-electron chi connectivity index (χ2n) is 5.30. The molecule has 2 unspecified atom stereocenters. The minimum absolute atomic E-state index is 0.756. The Balaban J connectivity index is 1.48. The van der Waals surface area contributed by atoms with Crippen LogP contribution in [0.1, 0.15) is 22.9 Å². The molecule has 1 aliphatic heterocycles. The summed E-state index contributed by atoms with van der Waals surface area (Å²) in [4.78, 5) is 11.3. The number of nitrogens with zero attached hydrogens (tertiary/aromatic N) is 4. The first-order valence-corrected chi connectivity index (χ1v) is 7.23. The second-order valence-corrected chi connectivity index (χ2v) is 6.25. The van der Waals surface area contributed by atoms with Gasteiger partial charge in [-0.2, -0.15) is 4.98 Å². The summed E-state index contributed by atoms with van der Waals surface area (Å²) in [6.45, 7) is 4.29.